The van der Waals surface area contributed by atoms with Crippen molar-refractivity contribution in [3.63, 3.8) is 0 Å². The topological polar surface area (TPSA) is 39.1 Å². The number of methoxy groups -OCH3 is 1. The summed E-state index contributed by atoms with van der Waals surface area (Å²) in [7, 11) is 3.73. The first-order valence-electron chi connectivity index (χ1n) is 6.55. The molecule has 0 fully saturated rings. The summed E-state index contributed by atoms with van der Waals surface area (Å²) in [6.07, 6.45) is 4.72. The van der Waals surface area contributed by atoms with Crippen LogP contribution in [0.4, 0.5) is 0 Å². The summed E-state index contributed by atoms with van der Waals surface area (Å²) in [6, 6.07) is 8.37. The molecule has 4 heteroatoms. The first-order chi connectivity index (χ1) is 9.22. The summed E-state index contributed by atoms with van der Waals surface area (Å²) >= 11 is 0. The van der Waals surface area contributed by atoms with E-state index in [2.05, 4.69) is 27.9 Å². The minimum Gasteiger partial charge on any atom is -0.496 e. The molecule has 1 heterocycles. The standard InChI is InChI=1S/C15H21N3O/c1-12(13-6-4-5-7-14(13)19-3)16-9-8-15-17-10-11-18(15)2/h4-7,10-12,16H,8-9H2,1-3H3/t12-/m1/s1. The maximum atomic E-state index is 5.38. The lowest BCUT2D eigenvalue weighted by Gasteiger charge is -2.17. The highest BCUT2D eigenvalue weighted by molar-refractivity contribution is 5.35. The lowest BCUT2D eigenvalue weighted by atomic mass is 10.1. The molecule has 0 aliphatic rings. The molecule has 19 heavy (non-hydrogen) atoms. The van der Waals surface area contributed by atoms with Gasteiger partial charge in [-0.1, -0.05) is 18.2 Å². The van der Waals surface area contributed by atoms with Crippen molar-refractivity contribution in [1.82, 2.24) is 14.9 Å². The Balaban J connectivity index is 1.91. The van der Waals surface area contributed by atoms with Crippen molar-refractivity contribution in [1.29, 1.82) is 0 Å². The van der Waals surface area contributed by atoms with Gasteiger partial charge in [0.2, 0.25) is 0 Å². The summed E-state index contributed by atoms with van der Waals surface area (Å²) in [4.78, 5) is 4.32. The molecule has 0 bridgehead atoms. The van der Waals surface area contributed by atoms with Crippen molar-refractivity contribution in [2.45, 2.75) is 19.4 Å². The van der Waals surface area contributed by atoms with E-state index in [1.807, 2.05) is 37.6 Å². The van der Waals surface area contributed by atoms with Crippen molar-refractivity contribution in [3.05, 3.63) is 48.0 Å². The number of benzene rings is 1. The first-order valence-corrected chi connectivity index (χ1v) is 6.55. The first kappa shape index (κ1) is 13.6. The van der Waals surface area contributed by atoms with Crippen LogP contribution < -0.4 is 10.1 Å². The Morgan fingerprint density at radius 3 is 2.84 bits per heavy atom. The Morgan fingerprint density at radius 1 is 1.37 bits per heavy atom. The number of nitrogens with zero attached hydrogens (tertiary/aromatic N) is 2. The van der Waals surface area contributed by atoms with Gasteiger partial charge >= 0.3 is 0 Å². The molecular formula is C15H21N3O. The lowest BCUT2D eigenvalue weighted by Crippen LogP contribution is -2.22. The normalized spacial score (nSPS) is 12.4. The van der Waals surface area contributed by atoms with E-state index >= 15 is 0 Å². The fourth-order valence-electron chi connectivity index (χ4n) is 2.17. The van der Waals surface area contributed by atoms with E-state index in [4.69, 9.17) is 4.74 Å². The number of ether oxygens (including phenoxy) is 1. The van der Waals surface area contributed by atoms with Gasteiger partial charge < -0.3 is 14.6 Å². The van der Waals surface area contributed by atoms with Gasteiger partial charge in [-0.2, -0.15) is 0 Å². The van der Waals surface area contributed by atoms with Gasteiger partial charge in [0, 0.05) is 44.0 Å². The number of aromatic nitrogens is 2. The smallest absolute Gasteiger partial charge is 0.123 e. The van der Waals surface area contributed by atoms with Crippen molar-refractivity contribution in [3.8, 4) is 5.75 Å². The zero-order valence-corrected chi connectivity index (χ0v) is 11.8. The molecule has 1 aromatic carbocycles. The quantitative estimate of drug-likeness (QED) is 0.865. The molecule has 4 nitrogen and oxygen atoms in total. The second-order valence-corrected chi connectivity index (χ2v) is 4.62. The molecule has 0 saturated carbocycles. The van der Waals surface area contributed by atoms with Crippen LogP contribution >= 0.6 is 0 Å². The Kier molecular flexibility index (Phi) is 4.58. The highest BCUT2D eigenvalue weighted by Crippen LogP contribution is 2.24. The van der Waals surface area contributed by atoms with Crippen molar-refractivity contribution in [2.24, 2.45) is 7.05 Å². The van der Waals surface area contributed by atoms with E-state index in [1.54, 1.807) is 7.11 Å². The predicted octanol–water partition coefficient (Wildman–Crippen LogP) is 2.32. The van der Waals surface area contributed by atoms with E-state index in [1.165, 1.54) is 5.56 Å². The Labute approximate surface area is 114 Å². The number of para-hydroxylation sites is 1. The highest BCUT2D eigenvalue weighted by atomic mass is 16.5. The summed E-state index contributed by atoms with van der Waals surface area (Å²) in [5.74, 6) is 2.03. The molecule has 1 atom stereocenters. The minimum atomic E-state index is 0.261. The van der Waals surface area contributed by atoms with Crippen LogP contribution in [0.25, 0.3) is 0 Å². The maximum absolute atomic E-state index is 5.38. The fourth-order valence-corrected chi connectivity index (χ4v) is 2.17. The van der Waals surface area contributed by atoms with E-state index in [0.29, 0.717) is 0 Å². The van der Waals surface area contributed by atoms with Crippen LogP contribution in [0.1, 0.15) is 24.4 Å². The Morgan fingerprint density at radius 2 is 2.16 bits per heavy atom. The number of nitrogens with one attached hydrogen (secondary N) is 1. The molecule has 0 aliphatic heterocycles. The second-order valence-electron chi connectivity index (χ2n) is 4.62. The number of hydrogen-bond donors (Lipinski definition) is 1. The van der Waals surface area contributed by atoms with Gasteiger partial charge in [-0.05, 0) is 13.0 Å². The van der Waals surface area contributed by atoms with Gasteiger partial charge in [-0.3, -0.25) is 0 Å². The van der Waals surface area contributed by atoms with Crippen LogP contribution in [0.3, 0.4) is 0 Å². The predicted molar refractivity (Wildman–Crippen MR) is 76.3 cm³/mol. The van der Waals surface area contributed by atoms with Crippen LogP contribution in [0.5, 0.6) is 5.75 Å². The van der Waals surface area contributed by atoms with Gasteiger partial charge in [0.05, 0.1) is 7.11 Å². The number of rotatable bonds is 6. The number of hydrogen-bond acceptors (Lipinski definition) is 3. The van der Waals surface area contributed by atoms with Crippen LogP contribution in [0.2, 0.25) is 0 Å². The van der Waals surface area contributed by atoms with Crippen molar-refractivity contribution >= 4 is 0 Å². The average Bonchev–Trinajstić information content (AvgIpc) is 2.84. The van der Waals surface area contributed by atoms with Crippen LogP contribution in [-0.2, 0) is 13.5 Å². The van der Waals surface area contributed by atoms with Gasteiger partial charge in [-0.15, -0.1) is 0 Å². The van der Waals surface area contributed by atoms with Crippen molar-refractivity contribution < 1.29 is 4.74 Å². The van der Waals surface area contributed by atoms with Crippen LogP contribution in [-0.4, -0.2) is 23.2 Å². The highest BCUT2D eigenvalue weighted by Gasteiger charge is 2.10. The molecule has 1 N–H and O–H groups in total. The fraction of sp³-hybridized carbons (Fsp3) is 0.400. The SMILES string of the molecule is COc1ccccc1[C@@H](C)NCCc1nccn1C. The monoisotopic (exact) mass is 259 g/mol. The summed E-state index contributed by atoms with van der Waals surface area (Å²) in [6.45, 7) is 3.04. The van der Waals surface area contributed by atoms with E-state index in [-0.39, 0.29) is 6.04 Å². The molecule has 2 aromatic rings. The largest absolute Gasteiger partial charge is 0.496 e. The van der Waals surface area contributed by atoms with Crippen molar-refractivity contribution in [2.75, 3.05) is 13.7 Å². The molecule has 0 saturated heterocycles. The summed E-state index contributed by atoms with van der Waals surface area (Å²) < 4.78 is 7.43. The van der Waals surface area contributed by atoms with Gasteiger partial charge in [-0.25, -0.2) is 4.98 Å². The minimum absolute atomic E-state index is 0.261. The molecule has 0 radical (unpaired) electrons. The molecule has 102 valence electrons. The summed E-state index contributed by atoms with van der Waals surface area (Å²) in [5, 5.41) is 3.51. The molecule has 1 aromatic heterocycles. The zero-order valence-electron chi connectivity index (χ0n) is 11.8. The maximum Gasteiger partial charge on any atom is 0.123 e. The molecule has 2 rings (SSSR count). The average molecular weight is 259 g/mol. The van der Waals surface area contributed by atoms with Gasteiger partial charge in [0.15, 0.2) is 0 Å². The molecule has 0 aliphatic carbocycles. The zero-order chi connectivity index (χ0) is 13.7. The van der Waals surface area contributed by atoms with Gasteiger partial charge in [0.1, 0.15) is 11.6 Å². The van der Waals surface area contributed by atoms with Gasteiger partial charge in [0.25, 0.3) is 0 Å². The third-order valence-corrected chi connectivity index (χ3v) is 3.33. The van der Waals surface area contributed by atoms with Crippen LogP contribution in [0.15, 0.2) is 36.7 Å². The third kappa shape index (κ3) is 3.35. The molecular weight excluding hydrogens is 238 g/mol. The number of imidazole rings is 1. The Bertz CT molecular complexity index is 522. The molecule has 0 unspecified atom stereocenters. The van der Waals surface area contributed by atoms with E-state index < -0.39 is 0 Å². The molecule has 0 amide bonds. The van der Waals surface area contributed by atoms with E-state index in [9.17, 15) is 0 Å². The number of aryl methyl sites for hydroxylation is 1. The lowest BCUT2D eigenvalue weighted by molar-refractivity contribution is 0.401. The molecule has 0 spiro atoms. The summed E-state index contributed by atoms with van der Waals surface area (Å²) in [5.41, 5.74) is 1.19. The van der Waals surface area contributed by atoms with Crippen LogP contribution in [0, 0.1) is 0 Å². The van der Waals surface area contributed by atoms with E-state index in [0.717, 1.165) is 24.5 Å². The second kappa shape index (κ2) is 6.38. The third-order valence-electron chi connectivity index (χ3n) is 3.33. The Hall–Kier alpha value is -1.81.